The summed E-state index contributed by atoms with van der Waals surface area (Å²) in [5, 5.41) is 9.35. The van der Waals surface area contributed by atoms with E-state index in [0.29, 0.717) is 5.69 Å². The van der Waals surface area contributed by atoms with E-state index < -0.39 is 17.2 Å². The van der Waals surface area contributed by atoms with Crippen molar-refractivity contribution in [3.8, 4) is 0 Å². The van der Waals surface area contributed by atoms with Crippen LogP contribution in [-0.2, 0) is 15.0 Å². The van der Waals surface area contributed by atoms with E-state index in [-0.39, 0.29) is 31.5 Å². The first-order valence-corrected chi connectivity index (χ1v) is 5.42. The molecule has 1 aromatic heterocycles. The summed E-state index contributed by atoms with van der Waals surface area (Å²) in [6, 6.07) is 2.59. The molecule has 0 atom stereocenters. The van der Waals surface area contributed by atoms with Gasteiger partial charge in [-0.1, -0.05) is 0 Å². The lowest BCUT2D eigenvalue weighted by Gasteiger charge is -2.31. The number of aromatic nitrogens is 1. The van der Waals surface area contributed by atoms with Crippen LogP contribution in [0.5, 0.6) is 0 Å². The molecule has 1 fully saturated rings. The summed E-state index contributed by atoms with van der Waals surface area (Å²) in [7, 11) is 0. The molecule has 0 saturated heterocycles. The number of carboxylic acids is 1. The first kappa shape index (κ1) is 11.7. The molecular formula is C12H12FNO3. The van der Waals surface area contributed by atoms with E-state index in [1.807, 2.05) is 0 Å². The Kier molecular flexibility index (Phi) is 2.92. The number of Topliss-reactive ketones (excluding diaryl/α,β-unsaturated/α-hetero) is 1. The normalized spacial score (nSPS) is 19.0. The van der Waals surface area contributed by atoms with Gasteiger partial charge in [-0.2, -0.15) is 0 Å². The number of nitrogens with zero attached hydrogens (tertiary/aromatic N) is 1. The molecule has 1 aromatic rings. The van der Waals surface area contributed by atoms with Crippen LogP contribution >= 0.6 is 0 Å². The Morgan fingerprint density at radius 2 is 2.00 bits per heavy atom. The third-order valence-corrected chi connectivity index (χ3v) is 3.29. The number of rotatable bonds is 2. The maximum Gasteiger partial charge on any atom is 0.315 e. The Balaban J connectivity index is 2.38. The van der Waals surface area contributed by atoms with E-state index in [1.165, 1.54) is 12.1 Å². The smallest absolute Gasteiger partial charge is 0.315 e. The molecule has 0 bridgehead atoms. The molecule has 90 valence electrons. The summed E-state index contributed by atoms with van der Waals surface area (Å²) in [6.07, 6.45) is 1.97. The van der Waals surface area contributed by atoms with Crippen molar-refractivity contribution in [1.29, 1.82) is 0 Å². The van der Waals surface area contributed by atoms with Gasteiger partial charge in [0.1, 0.15) is 17.0 Å². The van der Waals surface area contributed by atoms with Crippen molar-refractivity contribution in [2.24, 2.45) is 0 Å². The Morgan fingerprint density at radius 1 is 1.35 bits per heavy atom. The van der Waals surface area contributed by atoms with Crippen molar-refractivity contribution in [1.82, 2.24) is 4.98 Å². The minimum absolute atomic E-state index is 0.0731. The van der Waals surface area contributed by atoms with Crippen LogP contribution < -0.4 is 0 Å². The number of ketones is 1. The minimum Gasteiger partial charge on any atom is -0.481 e. The molecule has 0 aromatic carbocycles. The third-order valence-electron chi connectivity index (χ3n) is 3.29. The highest BCUT2D eigenvalue weighted by atomic mass is 19.1. The molecular weight excluding hydrogens is 225 g/mol. The maximum absolute atomic E-state index is 12.8. The number of aliphatic carboxylic acids is 1. The van der Waals surface area contributed by atoms with Crippen molar-refractivity contribution >= 4 is 11.8 Å². The molecule has 1 heterocycles. The van der Waals surface area contributed by atoms with Crippen LogP contribution in [0.15, 0.2) is 18.3 Å². The van der Waals surface area contributed by atoms with Gasteiger partial charge in [-0.3, -0.25) is 14.6 Å². The van der Waals surface area contributed by atoms with Gasteiger partial charge in [0, 0.05) is 12.8 Å². The summed E-state index contributed by atoms with van der Waals surface area (Å²) in [5.74, 6) is -1.42. The Bertz CT molecular complexity index is 445. The van der Waals surface area contributed by atoms with E-state index in [9.17, 15) is 19.1 Å². The Hall–Kier alpha value is -1.78. The molecule has 0 aliphatic heterocycles. The highest BCUT2D eigenvalue weighted by molar-refractivity contribution is 5.87. The van der Waals surface area contributed by atoms with Crippen molar-refractivity contribution in [2.75, 3.05) is 0 Å². The summed E-state index contributed by atoms with van der Waals surface area (Å²) in [5.41, 5.74) is -0.805. The number of carbonyl (C=O) groups excluding carboxylic acids is 1. The zero-order chi connectivity index (χ0) is 12.5. The van der Waals surface area contributed by atoms with E-state index in [0.717, 1.165) is 6.20 Å². The number of pyridine rings is 1. The molecule has 1 N–H and O–H groups in total. The monoisotopic (exact) mass is 237 g/mol. The van der Waals surface area contributed by atoms with Gasteiger partial charge in [0.2, 0.25) is 0 Å². The number of carboxylic acid groups (broad SMARTS) is 1. The second kappa shape index (κ2) is 4.24. The zero-order valence-electron chi connectivity index (χ0n) is 9.15. The van der Waals surface area contributed by atoms with Gasteiger partial charge >= 0.3 is 5.97 Å². The highest BCUT2D eigenvalue weighted by Gasteiger charge is 2.44. The predicted octanol–water partition coefficient (Wildman–Crippen LogP) is 1.69. The zero-order valence-corrected chi connectivity index (χ0v) is 9.15. The van der Waals surface area contributed by atoms with Crippen molar-refractivity contribution in [2.45, 2.75) is 31.1 Å². The number of carbonyl (C=O) groups is 2. The summed E-state index contributed by atoms with van der Waals surface area (Å²) >= 11 is 0. The van der Waals surface area contributed by atoms with Gasteiger partial charge in [0.25, 0.3) is 0 Å². The standard InChI is InChI=1S/C12H12FNO3/c13-8-1-2-10(14-7-8)12(11(16)17)5-3-9(15)4-6-12/h1-2,7H,3-6H2,(H,16,17). The molecule has 0 unspecified atom stereocenters. The largest absolute Gasteiger partial charge is 0.481 e. The maximum atomic E-state index is 12.8. The van der Waals surface area contributed by atoms with Crippen LogP contribution in [0.1, 0.15) is 31.4 Å². The highest BCUT2D eigenvalue weighted by Crippen LogP contribution is 2.37. The van der Waals surface area contributed by atoms with Crippen molar-refractivity contribution in [3.63, 3.8) is 0 Å². The van der Waals surface area contributed by atoms with Gasteiger partial charge < -0.3 is 5.11 Å². The predicted molar refractivity (Wildman–Crippen MR) is 57.0 cm³/mol. The van der Waals surface area contributed by atoms with Crippen molar-refractivity contribution in [3.05, 3.63) is 29.8 Å². The fourth-order valence-electron chi connectivity index (χ4n) is 2.19. The topological polar surface area (TPSA) is 67.3 Å². The second-order valence-electron chi connectivity index (χ2n) is 4.29. The lowest BCUT2D eigenvalue weighted by Crippen LogP contribution is -2.40. The number of hydrogen-bond donors (Lipinski definition) is 1. The van der Waals surface area contributed by atoms with Crippen molar-refractivity contribution < 1.29 is 19.1 Å². The van der Waals surface area contributed by atoms with Gasteiger partial charge in [-0.15, -0.1) is 0 Å². The Morgan fingerprint density at radius 3 is 2.47 bits per heavy atom. The summed E-state index contributed by atoms with van der Waals surface area (Å²) in [6.45, 7) is 0. The van der Waals surface area contributed by atoms with Gasteiger partial charge in [-0.25, -0.2) is 4.39 Å². The first-order chi connectivity index (χ1) is 8.04. The van der Waals surface area contributed by atoms with Crippen LogP contribution in [-0.4, -0.2) is 21.8 Å². The lowest BCUT2D eigenvalue weighted by atomic mass is 9.71. The van der Waals surface area contributed by atoms with Gasteiger partial charge in [-0.05, 0) is 25.0 Å². The molecule has 4 nitrogen and oxygen atoms in total. The second-order valence-corrected chi connectivity index (χ2v) is 4.29. The Labute approximate surface area is 97.5 Å². The number of hydrogen-bond acceptors (Lipinski definition) is 3. The molecule has 1 aliphatic rings. The molecule has 1 saturated carbocycles. The number of halogens is 1. The molecule has 2 rings (SSSR count). The molecule has 5 heteroatoms. The summed E-state index contributed by atoms with van der Waals surface area (Å²) < 4.78 is 12.8. The fourth-order valence-corrected chi connectivity index (χ4v) is 2.19. The van der Waals surface area contributed by atoms with E-state index in [2.05, 4.69) is 4.98 Å². The lowest BCUT2D eigenvalue weighted by molar-refractivity contribution is -0.146. The fraction of sp³-hybridized carbons (Fsp3) is 0.417. The van der Waals surface area contributed by atoms with E-state index >= 15 is 0 Å². The van der Waals surface area contributed by atoms with Gasteiger partial charge in [0.15, 0.2) is 0 Å². The van der Waals surface area contributed by atoms with Gasteiger partial charge in [0.05, 0.1) is 11.9 Å². The third kappa shape index (κ3) is 2.05. The van der Waals surface area contributed by atoms with Crippen LogP contribution in [0.4, 0.5) is 4.39 Å². The molecule has 0 amide bonds. The molecule has 1 aliphatic carbocycles. The van der Waals surface area contributed by atoms with Crippen LogP contribution in [0.3, 0.4) is 0 Å². The molecule has 0 radical (unpaired) electrons. The SMILES string of the molecule is O=C1CCC(C(=O)O)(c2ccc(F)cn2)CC1. The quantitative estimate of drug-likeness (QED) is 0.849. The molecule has 0 spiro atoms. The van der Waals surface area contributed by atoms with E-state index in [1.54, 1.807) is 0 Å². The van der Waals surface area contributed by atoms with Crippen LogP contribution in [0.2, 0.25) is 0 Å². The average molecular weight is 237 g/mol. The average Bonchev–Trinajstić information content (AvgIpc) is 2.31. The van der Waals surface area contributed by atoms with E-state index in [4.69, 9.17) is 0 Å². The minimum atomic E-state index is -1.14. The molecule has 17 heavy (non-hydrogen) atoms. The first-order valence-electron chi connectivity index (χ1n) is 5.42. The van der Waals surface area contributed by atoms with Crippen LogP contribution in [0.25, 0.3) is 0 Å². The van der Waals surface area contributed by atoms with Crippen LogP contribution in [0, 0.1) is 5.82 Å². The summed E-state index contributed by atoms with van der Waals surface area (Å²) in [4.78, 5) is 26.5.